The van der Waals surface area contributed by atoms with Gasteiger partial charge in [-0.3, -0.25) is 18.7 Å². The number of esters is 4. The average molecular weight is 1080 g/mol. The number of nitrogens with one attached hydrogen (secondary N) is 1. The first kappa shape index (κ1) is 54.8. The minimum absolute atomic E-state index is 0.110. The highest BCUT2D eigenvalue weighted by Gasteiger charge is 2.80. The molecule has 2 unspecified atom stereocenters. The van der Waals surface area contributed by atoms with Crippen LogP contribution in [-0.4, -0.2) is 156 Å². The molecule has 4 aromatic rings. The van der Waals surface area contributed by atoms with Crippen molar-refractivity contribution in [3.8, 4) is 5.75 Å². The van der Waals surface area contributed by atoms with Crippen molar-refractivity contribution in [3.05, 3.63) is 101 Å². The van der Waals surface area contributed by atoms with Crippen molar-refractivity contribution in [3.63, 3.8) is 0 Å². The van der Waals surface area contributed by atoms with Crippen LogP contribution in [0.4, 0.5) is 18.9 Å². The number of aryl methyl sites for hydroxylation is 1. The van der Waals surface area contributed by atoms with Crippen molar-refractivity contribution >= 4 is 50.6 Å². The number of aromatic amines is 1. The summed E-state index contributed by atoms with van der Waals surface area (Å²) in [6.07, 6.45) is -3.05. The third kappa shape index (κ3) is 8.46. The molecule has 9 rings (SSSR count). The summed E-state index contributed by atoms with van der Waals surface area (Å²) in [5, 5.41) is 14.2. The minimum atomic E-state index is -5.40. The first-order valence-corrected chi connectivity index (χ1v) is 26.7. The zero-order valence-electron chi connectivity index (χ0n) is 44.0. The molecule has 9 atom stereocenters. The summed E-state index contributed by atoms with van der Waals surface area (Å²) in [4.78, 5) is 65.7. The van der Waals surface area contributed by atoms with Gasteiger partial charge in [0.2, 0.25) is 5.60 Å². The Labute approximate surface area is 439 Å². The standard InChI is InChI=1S/C55H65F3N4O13S/c1-10-51-21-13-23-62-25-22-52(44(51)62)38-26-39(42(70-7)27-41(38)61(6)45(52)54(67,48(65)72-9)46(51)74-33(3)63)53(47(64)71-8)29-34(30-73-76(68,69)35-18-16-32(2)17-19-35)28-50(4,75-49(66)55(56,57)58)31-60(5)24-20-37-36-14-11-12-15-40(36)59-43(37)53/h11-19,21,26-27,34,44-46,59,67H,10,20,22-25,28-31H2,1-9H3/t34-,44-,45+,46+,50-,51+,52?,53-,54?/m0/s1. The van der Waals surface area contributed by atoms with Gasteiger partial charge < -0.3 is 43.6 Å². The van der Waals surface area contributed by atoms with Gasteiger partial charge in [-0.15, -0.1) is 0 Å². The van der Waals surface area contributed by atoms with E-state index in [2.05, 4.69) is 9.88 Å². The van der Waals surface area contributed by atoms with Crippen LogP contribution >= 0.6 is 0 Å². The maximum atomic E-state index is 15.9. The summed E-state index contributed by atoms with van der Waals surface area (Å²) >= 11 is 0. The molecule has 0 bridgehead atoms. The van der Waals surface area contributed by atoms with E-state index in [4.69, 9.17) is 27.9 Å². The SMILES string of the molecule is CC[C@]12C=CCN3CCC4(c5cc([C@@]6(C(=O)OC)C[C@@H](COS(=O)(=O)c7ccc(C)cc7)C[C@](C)(OC(=O)C(F)(F)F)CN(C)CCc7c6[nH]c6ccccc76)c(OC)cc5N(C)[C@H]4C(O)(C(=O)OC)[C@@H]1OC(C)=O)[C@@H]32. The van der Waals surface area contributed by atoms with Gasteiger partial charge in [-0.1, -0.05) is 55.0 Å². The van der Waals surface area contributed by atoms with Crippen molar-refractivity contribution in [2.24, 2.45) is 11.3 Å². The third-order valence-electron chi connectivity index (χ3n) is 17.0. The summed E-state index contributed by atoms with van der Waals surface area (Å²) in [5.41, 5.74) is -5.35. The van der Waals surface area contributed by atoms with Gasteiger partial charge >= 0.3 is 30.1 Å². The van der Waals surface area contributed by atoms with E-state index in [1.165, 1.54) is 40.2 Å². The van der Waals surface area contributed by atoms with Crippen LogP contribution < -0.4 is 9.64 Å². The smallest absolute Gasteiger partial charge is 0.490 e. The lowest BCUT2D eigenvalue weighted by molar-refractivity contribution is -0.228. The van der Waals surface area contributed by atoms with E-state index in [1.807, 2.05) is 49.4 Å². The van der Waals surface area contributed by atoms with Crippen molar-refractivity contribution in [1.29, 1.82) is 0 Å². The monoisotopic (exact) mass is 1080 g/mol. The molecule has 2 fully saturated rings. The van der Waals surface area contributed by atoms with Crippen LogP contribution in [0.25, 0.3) is 10.9 Å². The fraction of sp³-hybridized carbons (Fsp3) is 0.527. The summed E-state index contributed by atoms with van der Waals surface area (Å²) in [5.74, 6) is -6.21. The number of rotatable bonds is 11. The largest absolute Gasteiger partial charge is 0.496 e. The second kappa shape index (κ2) is 19.5. The molecule has 1 aliphatic carbocycles. The van der Waals surface area contributed by atoms with Gasteiger partial charge in [0.25, 0.3) is 10.1 Å². The van der Waals surface area contributed by atoms with Gasteiger partial charge in [-0.2, -0.15) is 21.6 Å². The molecule has 0 radical (unpaired) electrons. The number of anilines is 1. The van der Waals surface area contributed by atoms with E-state index in [1.54, 1.807) is 49.0 Å². The number of benzene rings is 3. The number of nitrogens with zero attached hydrogens (tertiary/aromatic N) is 3. The molecule has 2 N–H and O–H groups in total. The number of hydrogen-bond donors (Lipinski definition) is 2. The van der Waals surface area contributed by atoms with Crippen molar-refractivity contribution in [1.82, 2.24) is 14.8 Å². The van der Waals surface area contributed by atoms with E-state index < -0.39 is 111 Å². The number of H-pyrrole nitrogens is 1. The molecule has 3 aromatic carbocycles. The topological polar surface area (TPSA) is 204 Å². The number of ether oxygens (including phenoxy) is 5. The predicted octanol–water partition coefficient (Wildman–Crippen LogP) is 6.04. The highest BCUT2D eigenvalue weighted by molar-refractivity contribution is 7.86. The average Bonchev–Trinajstić information content (AvgIpc) is 4.19. The van der Waals surface area contributed by atoms with Gasteiger partial charge in [-0.05, 0) is 101 Å². The number of fused-ring (bicyclic) bond motifs is 4. The molecular weight excluding hydrogens is 1010 g/mol. The Kier molecular flexibility index (Phi) is 14.0. The summed E-state index contributed by atoms with van der Waals surface area (Å²) in [7, 11) is 2.55. The lowest BCUT2D eigenvalue weighted by atomic mass is 9.47. The van der Waals surface area contributed by atoms with Gasteiger partial charge in [0.15, 0.2) is 6.10 Å². The second-order valence-electron chi connectivity index (χ2n) is 21.5. The van der Waals surface area contributed by atoms with Crippen LogP contribution in [0.1, 0.15) is 74.4 Å². The van der Waals surface area contributed by atoms with E-state index in [-0.39, 0.29) is 35.7 Å². The molecule has 0 amide bonds. The number of aromatic nitrogens is 1. The Morgan fingerprint density at radius 2 is 1.62 bits per heavy atom. The zero-order valence-corrected chi connectivity index (χ0v) is 44.9. The van der Waals surface area contributed by atoms with Crippen molar-refractivity contribution < 1.29 is 73.7 Å². The highest BCUT2D eigenvalue weighted by Crippen LogP contribution is 2.68. The van der Waals surface area contributed by atoms with Gasteiger partial charge in [-0.25, -0.2) is 9.59 Å². The number of likely N-dealkylation sites (N-methyl/N-ethyl adjacent to an activating group) is 2. The molecule has 1 aromatic heterocycles. The Bertz CT molecular complexity index is 3110. The summed E-state index contributed by atoms with van der Waals surface area (Å²) in [6.45, 7) is 6.39. The molecule has 1 saturated carbocycles. The quantitative estimate of drug-likeness (QED) is 0.0761. The molecular formula is C55H65F3N4O13S. The Balaban J connectivity index is 1.35. The van der Waals surface area contributed by atoms with Crippen LogP contribution in [0.5, 0.6) is 5.75 Å². The number of carbonyl (C=O) groups excluding carboxylic acids is 4. The molecule has 17 nitrogen and oxygen atoms in total. The van der Waals surface area contributed by atoms with E-state index in [0.717, 1.165) is 12.7 Å². The first-order chi connectivity index (χ1) is 35.8. The predicted molar refractivity (Wildman–Crippen MR) is 271 cm³/mol. The van der Waals surface area contributed by atoms with Gasteiger partial charge in [0, 0.05) is 84.4 Å². The lowest BCUT2D eigenvalue weighted by Crippen LogP contribution is -2.81. The van der Waals surface area contributed by atoms with Crippen LogP contribution in [-0.2, 0) is 69.7 Å². The molecule has 5 aliphatic rings. The van der Waals surface area contributed by atoms with Crippen molar-refractivity contribution in [2.75, 3.05) is 73.1 Å². The molecule has 1 saturated heterocycles. The molecule has 1 spiro atoms. The van der Waals surface area contributed by atoms with E-state index >= 15 is 4.79 Å². The number of alkyl halides is 3. The molecule has 76 heavy (non-hydrogen) atoms. The maximum Gasteiger partial charge on any atom is 0.490 e. The van der Waals surface area contributed by atoms with E-state index in [0.29, 0.717) is 59.3 Å². The Morgan fingerprint density at radius 3 is 2.26 bits per heavy atom. The number of methoxy groups -OCH3 is 3. The molecule has 4 aliphatic heterocycles. The number of para-hydroxylation sites is 1. The Hall–Kier alpha value is -6.00. The number of hydrogen-bond acceptors (Lipinski definition) is 16. The maximum absolute atomic E-state index is 15.9. The molecule has 21 heteroatoms. The fourth-order valence-corrected chi connectivity index (χ4v) is 15.3. The minimum Gasteiger partial charge on any atom is -0.496 e. The first-order valence-electron chi connectivity index (χ1n) is 25.3. The Morgan fingerprint density at radius 1 is 0.921 bits per heavy atom. The van der Waals surface area contributed by atoms with Crippen LogP contribution in [0.15, 0.2) is 77.7 Å². The number of aliphatic hydroxyl groups is 1. The third-order valence-corrected chi connectivity index (χ3v) is 18.3. The summed E-state index contributed by atoms with van der Waals surface area (Å²) < 4.78 is 106. The lowest BCUT2D eigenvalue weighted by Gasteiger charge is -2.63. The van der Waals surface area contributed by atoms with Crippen LogP contribution in [0, 0.1) is 18.3 Å². The van der Waals surface area contributed by atoms with Crippen molar-refractivity contribution in [2.45, 2.75) is 111 Å². The van der Waals surface area contributed by atoms with Crippen LogP contribution in [0.3, 0.4) is 0 Å². The number of halogens is 3. The van der Waals surface area contributed by atoms with Gasteiger partial charge in [0.1, 0.15) is 16.8 Å². The fourth-order valence-electron chi connectivity index (χ4n) is 14.3. The highest BCUT2D eigenvalue weighted by atomic mass is 32.2. The number of carbonyl (C=O) groups is 4. The normalized spacial score (nSPS) is 30.6. The van der Waals surface area contributed by atoms with Crippen LogP contribution in [0.2, 0.25) is 0 Å². The van der Waals surface area contributed by atoms with Gasteiger partial charge in [0.05, 0.1) is 38.9 Å². The molecule has 5 heterocycles. The second-order valence-corrected chi connectivity index (χ2v) is 23.1. The summed E-state index contributed by atoms with van der Waals surface area (Å²) in [6, 6.07) is 15.1. The molecule has 410 valence electrons. The van der Waals surface area contributed by atoms with E-state index in [9.17, 15) is 41.1 Å². The zero-order chi connectivity index (χ0) is 55.1.